The van der Waals surface area contributed by atoms with Crippen LogP contribution >= 0.6 is 0 Å². The minimum atomic E-state index is -3.52. The van der Waals surface area contributed by atoms with E-state index in [1.807, 2.05) is 30.3 Å². The summed E-state index contributed by atoms with van der Waals surface area (Å²) in [7, 11) is -3.52. The van der Waals surface area contributed by atoms with E-state index >= 15 is 0 Å². The zero-order valence-electron chi connectivity index (χ0n) is 13.0. The van der Waals surface area contributed by atoms with Gasteiger partial charge in [0.25, 0.3) is 0 Å². The van der Waals surface area contributed by atoms with Gasteiger partial charge in [0.15, 0.2) is 12.0 Å². The Balaban J connectivity index is 1.53. The summed E-state index contributed by atoms with van der Waals surface area (Å²) in [6, 6.07) is 14.8. The van der Waals surface area contributed by atoms with Gasteiger partial charge in [0.05, 0.1) is 4.90 Å². The van der Waals surface area contributed by atoms with Crippen LogP contribution in [0.5, 0.6) is 0 Å². The van der Waals surface area contributed by atoms with Crippen molar-refractivity contribution in [1.29, 1.82) is 0 Å². The number of hydrogen-bond acceptors (Lipinski definition) is 5. The maximum absolute atomic E-state index is 12.8. The zero-order chi connectivity index (χ0) is 16.6. The summed E-state index contributed by atoms with van der Waals surface area (Å²) in [4.78, 5) is 6.47. The van der Waals surface area contributed by atoms with Gasteiger partial charge in [-0.2, -0.15) is 4.31 Å². The summed E-state index contributed by atoms with van der Waals surface area (Å²) < 4.78 is 32.4. The van der Waals surface area contributed by atoms with Crippen LogP contribution in [0.4, 0.5) is 5.69 Å². The highest BCUT2D eigenvalue weighted by molar-refractivity contribution is 7.89. The quantitative estimate of drug-likeness (QED) is 0.730. The van der Waals surface area contributed by atoms with Crippen LogP contribution in [0.2, 0.25) is 0 Å². The minimum absolute atomic E-state index is 0.250. The molecule has 24 heavy (non-hydrogen) atoms. The Morgan fingerprint density at radius 2 is 1.71 bits per heavy atom. The van der Waals surface area contributed by atoms with E-state index < -0.39 is 10.0 Å². The molecule has 0 N–H and O–H groups in total. The Bertz CT molecular complexity index is 945. The van der Waals surface area contributed by atoms with Crippen molar-refractivity contribution in [2.75, 3.05) is 31.1 Å². The first-order valence-electron chi connectivity index (χ1n) is 7.78. The van der Waals surface area contributed by atoms with Crippen molar-refractivity contribution in [2.24, 2.45) is 0 Å². The number of hydrogen-bond donors (Lipinski definition) is 0. The van der Waals surface area contributed by atoms with Crippen molar-refractivity contribution in [2.45, 2.75) is 4.90 Å². The van der Waals surface area contributed by atoms with Crippen LogP contribution in [-0.4, -0.2) is 43.9 Å². The molecule has 2 heterocycles. The van der Waals surface area contributed by atoms with Crippen LogP contribution < -0.4 is 4.90 Å². The fourth-order valence-corrected chi connectivity index (χ4v) is 4.41. The van der Waals surface area contributed by atoms with Gasteiger partial charge in [-0.15, -0.1) is 0 Å². The Kier molecular flexibility index (Phi) is 3.74. The number of sulfonamides is 1. The number of aromatic nitrogens is 1. The Labute approximate surface area is 140 Å². The second-order valence-corrected chi connectivity index (χ2v) is 7.65. The van der Waals surface area contributed by atoms with Crippen molar-refractivity contribution in [3.05, 3.63) is 54.9 Å². The lowest BCUT2D eigenvalue weighted by Gasteiger charge is -2.35. The van der Waals surface area contributed by atoms with Gasteiger partial charge in [0.1, 0.15) is 5.52 Å². The molecule has 0 unspecified atom stereocenters. The highest BCUT2D eigenvalue weighted by atomic mass is 32.2. The molecular formula is C17H17N3O3S. The summed E-state index contributed by atoms with van der Waals surface area (Å²) in [5.41, 5.74) is 2.26. The highest BCUT2D eigenvalue weighted by Gasteiger charge is 2.29. The first-order valence-corrected chi connectivity index (χ1v) is 9.22. The molecule has 6 nitrogen and oxygen atoms in total. The number of para-hydroxylation sites is 1. The summed E-state index contributed by atoms with van der Waals surface area (Å²) in [5, 5.41) is 0. The van der Waals surface area contributed by atoms with Crippen LogP contribution in [-0.2, 0) is 10.0 Å². The van der Waals surface area contributed by atoms with E-state index in [9.17, 15) is 8.42 Å². The van der Waals surface area contributed by atoms with Crippen molar-refractivity contribution >= 4 is 26.8 Å². The molecule has 0 atom stereocenters. The molecule has 3 aromatic rings. The van der Waals surface area contributed by atoms with E-state index in [2.05, 4.69) is 9.88 Å². The average Bonchev–Trinajstić information content (AvgIpc) is 3.10. The van der Waals surface area contributed by atoms with Crippen molar-refractivity contribution in [3.63, 3.8) is 0 Å². The van der Waals surface area contributed by atoms with Crippen molar-refractivity contribution < 1.29 is 12.8 Å². The smallest absolute Gasteiger partial charge is 0.243 e. The molecule has 2 aromatic carbocycles. The first kappa shape index (κ1) is 15.2. The number of rotatable bonds is 3. The molecule has 1 saturated heterocycles. The van der Waals surface area contributed by atoms with Crippen LogP contribution in [0.1, 0.15) is 0 Å². The third-order valence-corrected chi connectivity index (χ3v) is 6.20. The summed E-state index contributed by atoms with van der Waals surface area (Å²) in [6.45, 7) is 2.28. The zero-order valence-corrected chi connectivity index (χ0v) is 13.8. The molecule has 7 heteroatoms. The Hall–Kier alpha value is -2.38. The van der Waals surface area contributed by atoms with Gasteiger partial charge in [-0.05, 0) is 24.3 Å². The monoisotopic (exact) mass is 343 g/mol. The highest BCUT2D eigenvalue weighted by Crippen LogP contribution is 2.23. The van der Waals surface area contributed by atoms with Gasteiger partial charge in [-0.1, -0.05) is 18.2 Å². The number of piperazine rings is 1. The number of benzene rings is 2. The molecule has 4 rings (SSSR count). The van der Waals surface area contributed by atoms with Crippen LogP contribution in [0.25, 0.3) is 11.1 Å². The molecule has 1 aliphatic heterocycles. The summed E-state index contributed by atoms with van der Waals surface area (Å²) >= 11 is 0. The average molecular weight is 343 g/mol. The predicted octanol–water partition coefficient (Wildman–Crippen LogP) is 2.34. The lowest BCUT2D eigenvalue weighted by atomic mass is 10.2. The molecule has 0 aliphatic carbocycles. The second kappa shape index (κ2) is 5.92. The largest absolute Gasteiger partial charge is 0.443 e. The van der Waals surface area contributed by atoms with E-state index in [0.717, 1.165) is 5.69 Å². The number of fused-ring (bicyclic) bond motifs is 1. The van der Waals surface area contributed by atoms with Crippen molar-refractivity contribution in [3.8, 4) is 0 Å². The maximum Gasteiger partial charge on any atom is 0.243 e. The first-order chi connectivity index (χ1) is 11.6. The summed E-state index contributed by atoms with van der Waals surface area (Å²) in [6.07, 6.45) is 1.32. The SMILES string of the molecule is O=S(=O)(c1ccc2ncoc2c1)N1CCN(c2ccccc2)CC1. The lowest BCUT2D eigenvalue weighted by Crippen LogP contribution is -2.48. The molecule has 0 saturated carbocycles. The van der Waals surface area contributed by atoms with Gasteiger partial charge in [0.2, 0.25) is 10.0 Å². The van der Waals surface area contributed by atoms with E-state index in [-0.39, 0.29) is 4.90 Å². The van der Waals surface area contributed by atoms with E-state index in [4.69, 9.17) is 4.42 Å². The molecular weight excluding hydrogens is 326 g/mol. The van der Waals surface area contributed by atoms with E-state index in [1.165, 1.54) is 10.7 Å². The van der Waals surface area contributed by atoms with Gasteiger partial charge in [-0.25, -0.2) is 13.4 Å². The third-order valence-electron chi connectivity index (χ3n) is 4.30. The molecule has 0 amide bonds. The fraction of sp³-hybridized carbons (Fsp3) is 0.235. The molecule has 1 aromatic heterocycles. The predicted molar refractivity (Wildman–Crippen MR) is 91.4 cm³/mol. The normalized spacial score (nSPS) is 16.6. The minimum Gasteiger partial charge on any atom is -0.443 e. The van der Waals surface area contributed by atoms with Gasteiger partial charge in [-0.3, -0.25) is 0 Å². The molecule has 0 spiro atoms. The van der Waals surface area contributed by atoms with Gasteiger partial charge >= 0.3 is 0 Å². The molecule has 124 valence electrons. The molecule has 0 radical (unpaired) electrons. The Morgan fingerprint density at radius 3 is 2.46 bits per heavy atom. The maximum atomic E-state index is 12.8. The van der Waals surface area contributed by atoms with Crippen LogP contribution in [0.15, 0.2) is 64.2 Å². The fourth-order valence-electron chi connectivity index (χ4n) is 2.97. The lowest BCUT2D eigenvalue weighted by molar-refractivity contribution is 0.385. The van der Waals surface area contributed by atoms with Gasteiger partial charge in [0, 0.05) is 37.9 Å². The van der Waals surface area contributed by atoms with Crippen LogP contribution in [0, 0.1) is 0 Å². The summed E-state index contributed by atoms with van der Waals surface area (Å²) in [5.74, 6) is 0. The molecule has 1 aliphatic rings. The second-order valence-electron chi connectivity index (χ2n) is 5.71. The number of nitrogens with zero attached hydrogens (tertiary/aromatic N) is 3. The standard InChI is InChI=1S/C17H17N3O3S/c21-24(22,15-6-7-16-17(12-15)23-13-18-16)20-10-8-19(9-11-20)14-4-2-1-3-5-14/h1-7,12-13H,8-11H2. The molecule has 1 fully saturated rings. The topological polar surface area (TPSA) is 66.7 Å². The number of anilines is 1. The van der Waals surface area contributed by atoms with Crippen molar-refractivity contribution in [1.82, 2.24) is 9.29 Å². The molecule has 0 bridgehead atoms. The van der Waals surface area contributed by atoms with E-state index in [0.29, 0.717) is 37.3 Å². The van der Waals surface area contributed by atoms with Crippen LogP contribution in [0.3, 0.4) is 0 Å². The number of oxazole rings is 1. The van der Waals surface area contributed by atoms with Gasteiger partial charge < -0.3 is 9.32 Å². The third kappa shape index (κ3) is 2.65. The Morgan fingerprint density at radius 1 is 0.958 bits per heavy atom. The van der Waals surface area contributed by atoms with E-state index in [1.54, 1.807) is 18.2 Å².